The number of hydrogen-bond donors (Lipinski definition) is 0. The van der Waals surface area contributed by atoms with Crippen molar-refractivity contribution in [2.24, 2.45) is 0 Å². The lowest BCUT2D eigenvalue weighted by molar-refractivity contribution is -0.150. The van der Waals surface area contributed by atoms with E-state index in [0.717, 1.165) is 32.1 Å². The van der Waals surface area contributed by atoms with Crippen molar-refractivity contribution in [3.63, 3.8) is 0 Å². The quantitative estimate of drug-likeness (QED) is 0.458. The van der Waals surface area contributed by atoms with E-state index >= 15 is 0 Å². The van der Waals surface area contributed by atoms with Crippen LogP contribution in [0.4, 0.5) is 0 Å². The maximum absolute atomic E-state index is 11.7. The van der Waals surface area contributed by atoms with Crippen molar-refractivity contribution in [3.8, 4) is 0 Å². The molecule has 0 unspecified atom stereocenters. The minimum absolute atomic E-state index is 0.0946. The van der Waals surface area contributed by atoms with Gasteiger partial charge in [0.25, 0.3) is 0 Å². The second kappa shape index (κ2) is 10.6. The largest absolute Gasteiger partial charge is 0.462 e. The molecular formula is C16H28O5. The van der Waals surface area contributed by atoms with Crippen molar-refractivity contribution in [3.05, 3.63) is 0 Å². The number of carbonyl (C=O) groups excluding carboxylic acids is 2. The zero-order valence-electron chi connectivity index (χ0n) is 13.3. The van der Waals surface area contributed by atoms with E-state index in [0.29, 0.717) is 19.4 Å². The van der Waals surface area contributed by atoms with Gasteiger partial charge in [0.2, 0.25) is 0 Å². The molecule has 0 spiro atoms. The van der Waals surface area contributed by atoms with Crippen LogP contribution in [-0.2, 0) is 23.8 Å². The highest BCUT2D eigenvalue weighted by atomic mass is 16.5. The SMILES string of the molecule is COCC[C@H](CCCCC(=O)OC1CCCC1)OC(C)=O. The Kier molecular flexibility index (Phi) is 9.06. The zero-order chi connectivity index (χ0) is 15.5. The van der Waals surface area contributed by atoms with Crippen LogP contribution in [0, 0.1) is 0 Å². The molecular weight excluding hydrogens is 272 g/mol. The van der Waals surface area contributed by atoms with Crippen molar-refractivity contribution in [1.82, 2.24) is 0 Å². The van der Waals surface area contributed by atoms with Gasteiger partial charge in [-0.25, -0.2) is 0 Å². The van der Waals surface area contributed by atoms with Crippen LogP contribution in [0.5, 0.6) is 0 Å². The van der Waals surface area contributed by atoms with E-state index in [1.165, 1.54) is 19.8 Å². The molecule has 5 heteroatoms. The second-order valence-electron chi connectivity index (χ2n) is 5.66. The van der Waals surface area contributed by atoms with Gasteiger partial charge in [-0.2, -0.15) is 0 Å². The molecule has 0 heterocycles. The Balaban J connectivity index is 2.11. The van der Waals surface area contributed by atoms with Crippen molar-refractivity contribution < 1.29 is 23.8 Å². The molecule has 0 aromatic carbocycles. The minimum atomic E-state index is -0.267. The molecule has 0 aliphatic heterocycles. The van der Waals surface area contributed by atoms with Crippen LogP contribution >= 0.6 is 0 Å². The van der Waals surface area contributed by atoms with Gasteiger partial charge in [-0.1, -0.05) is 0 Å². The van der Waals surface area contributed by atoms with Crippen molar-refractivity contribution in [1.29, 1.82) is 0 Å². The Labute approximate surface area is 127 Å². The highest BCUT2D eigenvalue weighted by Gasteiger charge is 2.19. The molecule has 0 aromatic heterocycles. The Morgan fingerprint density at radius 1 is 1.14 bits per heavy atom. The highest BCUT2D eigenvalue weighted by molar-refractivity contribution is 5.69. The lowest BCUT2D eigenvalue weighted by Gasteiger charge is -2.16. The zero-order valence-corrected chi connectivity index (χ0v) is 13.3. The monoisotopic (exact) mass is 300 g/mol. The maximum atomic E-state index is 11.7. The molecule has 0 radical (unpaired) electrons. The third-order valence-corrected chi connectivity index (χ3v) is 3.73. The van der Waals surface area contributed by atoms with Crippen LogP contribution in [0.2, 0.25) is 0 Å². The number of ether oxygens (including phenoxy) is 3. The molecule has 0 bridgehead atoms. The van der Waals surface area contributed by atoms with Crippen LogP contribution < -0.4 is 0 Å². The summed E-state index contributed by atoms with van der Waals surface area (Å²) in [6.07, 6.45) is 7.92. The third-order valence-electron chi connectivity index (χ3n) is 3.73. The first-order valence-electron chi connectivity index (χ1n) is 7.97. The Morgan fingerprint density at radius 3 is 2.48 bits per heavy atom. The number of hydrogen-bond acceptors (Lipinski definition) is 5. The molecule has 1 saturated carbocycles. The van der Waals surface area contributed by atoms with Gasteiger partial charge in [0.1, 0.15) is 12.2 Å². The average molecular weight is 300 g/mol. The second-order valence-corrected chi connectivity index (χ2v) is 5.66. The molecule has 21 heavy (non-hydrogen) atoms. The average Bonchev–Trinajstić information content (AvgIpc) is 2.92. The number of unbranched alkanes of at least 4 members (excludes halogenated alkanes) is 1. The van der Waals surface area contributed by atoms with E-state index in [2.05, 4.69) is 0 Å². The first-order chi connectivity index (χ1) is 10.1. The third kappa shape index (κ3) is 8.71. The van der Waals surface area contributed by atoms with E-state index in [1.807, 2.05) is 0 Å². The van der Waals surface area contributed by atoms with Crippen molar-refractivity contribution >= 4 is 11.9 Å². The first-order valence-corrected chi connectivity index (χ1v) is 7.97. The molecule has 122 valence electrons. The van der Waals surface area contributed by atoms with Crippen molar-refractivity contribution in [2.75, 3.05) is 13.7 Å². The summed E-state index contributed by atoms with van der Waals surface area (Å²) < 4.78 is 15.6. The fourth-order valence-corrected chi connectivity index (χ4v) is 2.64. The van der Waals surface area contributed by atoms with E-state index in [4.69, 9.17) is 14.2 Å². The first kappa shape index (κ1) is 18.0. The number of rotatable bonds is 10. The fraction of sp³-hybridized carbons (Fsp3) is 0.875. The van der Waals surface area contributed by atoms with E-state index in [9.17, 15) is 9.59 Å². The van der Waals surface area contributed by atoms with Gasteiger partial charge < -0.3 is 14.2 Å². The highest BCUT2D eigenvalue weighted by Crippen LogP contribution is 2.21. The van der Waals surface area contributed by atoms with Gasteiger partial charge in [-0.15, -0.1) is 0 Å². The summed E-state index contributed by atoms with van der Waals surface area (Å²) in [5.74, 6) is -0.362. The summed E-state index contributed by atoms with van der Waals surface area (Å²) in [6.45, 7) is 1.99. The minimum Gasteiger partial charge on any atom is -0.462 e. The van der Waals surface area contributed by atoms with Gasteiger partial charge in [0.15, 0.2) is 0 Å². The molecule has 1 aliphatic rings. The smallest absolute Gasteiger partial charge is 0.306 e. The molecule has 1 rings (SSSR count). The maximum Gasteiger partial charge on any atom is 0.306 e. The van der Waals surface area contributed by atoms with Crippen molar-refractivity contribution in [2.45, 2.75) is 76.9 Å². The van der Waals surface area contributed by atoms with Gasteiger partial charge in [-0.3, -0.25) is 9.59 Å². The van der Waals surface area contributed by atoms with E-state index < -0.39 is 0 Å². The molecule has 1 aliphatic carbocycles. The Hall–Kier alpha value is -1.10. The van der Waals surface area contributed by atoms with Crippen LogP contribution in [0.15, 0.2) is 0 Å². The number of carbonyl (C=O) groups is 2. The molecule has 1 fully saturated rings. The van der Waals surface area contributed by atoms with Crippen LogP contribution in [0.25, 0.3) is 0 Å². The molecule has 1 atom stereocenters. The Bertz CT molecular complexity index is 310. The molecule has 0 N–H and O–H groups in total. The summed E-state index contributed by atoms with van der Waals surface area (Å²) >= 11 is 0. The fourth-order valence-electron chi connectivity index (χ4n) is 2.64. The summed E-state index contributed by atoms with van der Waals surface area (Å²) in [5.41, 5.74) is 0. The summed E-state index contributed by atoms with van der Waals surface area (Å²) in [4.78, 5) is 22.7. The van der Waals surface area contributed by atoms with Crippen LogP contribution in [-0.4, -0.2) is 37.9 Å². The molecule has 0 amide bonds. The topological polar surface area (TPSA) is 61.8 Å². The normalized spacial score (nSPS) is 16.7. The molecule has 5 nitrogen and oxygen atoms in total. The van der Waals surface area contributed by atoms with Crippen LogP contribution in [0.3, 0.4) is 0 Å². The number of methoxy groups -OCH3 is 1. The standard InChI is InChI=1S/C16H28O5/c1-13(17)20-15(11-12-19-2)9-5-6-10-16(18)21-14-7-3-4-8-14/h14-15H,3-12H2,1-2H3/t15-/m0/s1. The van der Waals surface area contributed by atoms with Gasteiger partial charge >= 0.3 is 11.9 Å². The van der Waals surface area contributed by atoms with E-state index in [1.54, 1.807) is 7.11 Å². The van der Waals surface area contributed by atoms with Crippen LogP contribution in [0.1, 0.15) is 64.7 Å². The van der Waals surface area contributed by atoms with Gasteiger partial charge in [0, 0.05) is 33.5 Å². The lowest BCUT2D eigenvalue weighted by atomic mass is 10.1. The Morgan fingerprint density at radius 2 is 1.86 bits per heavy atom. The molecule has 0 saturated heterocycles. The summed E-state index contributed by atoms with van der Waals surface area (Å²) in [6, 6.07) is 0. The summed E-state index contributed by atoms with van der Waals surface area (Å²) in [5, 5.41) is 0. The van der Waals surface area contributed by atoms with Gasteiger partial charge in [0.05, 0.1) is 0 Å². The predicted molar refractivity (Wildman–Crippen MR) is 78.9 cm³/mol. The van der Waals surface area contributed by atoms with E-state index in [-0.39, 0.29) is 24.1 Å². The number of esters is 2. The molecule has 0 aromatic rings. The predicted octanol–water partition coefficient (Wildman–Crippen LogP) is 3.00. The summed E-state index contributed by atoms with van der Waals surface area (Å²) in [7, 11) is 1.63. The van der Waals surface area contributed by atoms with Gasteiger partial charge in [-0.05, 0) is 44.9 Å². The lowest BCUT2D eigenvalue weighted by Crippen LogP contribution is -2.18.